The Morgan fingerprint density at radius 3 is 1.67 bits per heavy atom. The quantitative estimate of drug-likeness (QED) is 0.236. The molecule has 0 amide bonds. The highest BCUT2D eigenvalue weighted by molar-refractivity contribution is 7.27. The van der Waals surface area contributed by atoms with Crippen LogP contribution in [0.15, 0.2) is 127 Å². The Kier molecular flexibility index (Phi) is 5.03. The number of fused-ring (bicyclic) bond motifs is 10. The normalized spacial score (nSPS) is 11.8. The summed E-state index contributed by atoms with van der Waals surface area (Å²) in [5.41, 5.74) is 5.07. The van der Waals surface area contributed by atoms with Gasteiger partial charge in [0.25, 0.3) is 0 Å². The van der Waals surface area contributed by atoms with Gasteiger partial charge >= 0.3 is 0 Å². The molecular formula is C37H22N4S. The zero-order valence-corrected chi connectivity index (χ0v) is 23.2. The van der Waals surface area contributed by atoms with E-state index in [4.69, 9.17) is 15.0 Å². The summed E-state index contributed by atoms with van der Waals surface area (Å²) >= 11 is 1.85. The maximum atomic E-state index is 5.04. The number of nitrogens with one attached hydrogen (secondary N) is 1. The lowest BCUT2D eigenvalue weighted by molar-refractivity contribution is 1.08. The van der Waals surface area contributed by atoms with Crippen LogP contribution in [0.3, 0.4) is 0 Å². The average Bonchev–Trinajstić information content (AvgIpc) is 3.65. The summed E-state index contributed by atoms with van der Waals surface area (Å²) in [6, 6.07) is 44.2. The van der Waals surface area contributed by atoms with E-state index in [9.17, 15) is 0 Å². The maximum absolute atomic E-state index is 5.04. The molecule has 0 aliphatic rings. The van der Waals surface area contributed by atoms with Crippen molar-refractivity contribution in [2.45, 2.75) is 0 Å². The molecule has 0 atom stereocenters. The molecule has 0 spiro atoms. The van der Waals surface area contributed by atoms with E-state index in [1.165, 1.54) is 41.7 Å². The van der Waals surface area contributed by atoms with Crippen LogP contribution in [0, 0.1) is 0 Å². The summed E-state index contributed by atoms with van der Waals surface area (Å²) < 4.78 is 2.57. The summed E-state index contributed by atoms with van der Waals surface area (Å²) in [7, 11) is 0. The standard InChI is InChI=1S/C37H22N4S/c1-3-12-22(13-4-1)35-39-36(23-14-5-2-6-15-23)41-37(40-35)28-20-11-19-27-30-24-16-7-8-17-25(24)31-26-18-9-10-21-29(26)42-34(31)33(30)38-32(27)28/h1-21,38H. The molecule has 6 aromatic carbocycles. The summed E-state index contributed by atoms with van der Waals surface area (Å²) in [6.07, 6.45) is 0. The van der Waals surface area contributed by atoms with Crippen molar-refractivity contribution < 1.29 is 0 Å². The first-order chi connectivity index (χ1) is 20.8. The van der Waals surface area contributed by atoms with E-state index >= 15 is 0 Å². The van der Waals surface area contributed by atoms with Crippen molar-refractivity contribution in [3.8, 4) is 34.2 Å². The fourth-order valence-corrected chi connectivity index (χ4v) is 7.41. The van der Waals surface area contributed by atoms with Crippen LogP contribution in [0.1, 0.15) is 0 Å². The second-order valence-electron chi connectivity index (χ2n) is 10.5. The predicted octanol–water partition coefficient (Wildman–Crippen LogP) is 10.0. The molecule has 0 unspecified atom stereocenters. The number of hydrogen-bond donors (Lipinski definition) is 1. The number of H-pyrrole nitrogens is 1. The monoisotopic (exact) mass is 554 g/mol. The molecule has 0 radical (unpaired) electrons. The van der Waals surface area contributed by atoms with Gasteiger partial charge in [0.1, 0.15) is 0 Å². The van der Waals surface area contributed by atoms with Crippen LogP contribution in [0.25, 0.3) is 86.9 Å². The number of aromatic amines is 1. The first kappa shape index (κ1) is 23.3. The number of benzene rings is 6. The second kappa shape index (κ2) is 9.06. The molecule has 4 nitrogen and oxygen atoms in total. The number of aromatic nitrogens is 4. The lowest BCUT2D eigenvalue weighted by Gasteiger charge is -2.09. The zero-order chi connectivity index (χ0) is 27.6. The number of hydrogen-bond acceptors (Lipinski definition) is 4. The molecule has 9 rings (SSSR count). The zero-order valence-electron chi connectivity index (χ0n) is 22.4. The molecular weight excluding hydrogens is 533 g/mol. The Hall–Kier alpha value is -5.39. The van der Waals surface area contributed by atoms with Gasteiger partial charge < -0.3 is 4.98 Å². The Morgan fingerprint density at radius 2 is 0.976 bits per heavy atom. The third-order valence-electron chi connectivity index (χ3n) is 8.06. The Morgan fingerprint density at radius 1 is 0.429 bits per heavy atom. The highest BCUT2D eigenvalue weighted by atomic mass is 32.1. The lowest BCUT2D eigenvalue weighted by atomic mass is 9.98. The average molecular weight is 555 g/mol. The van der Waals surface area contributed by atoms with Crippen molar-refractivity contribution in [2.75, 3.05) is 0 Å². The van der Waals surface area contributed by atoms with E-state index in [2.05, 4.69) is 71.7 Å². The van der Waals surface area contributed by atoms with E-state index in [0.717, 1.165) is 27.7 Å². The molecule has 42 heavy (non-hydrogen) atoms. The molecule has 0 fully saturated rings. The molecule has 196 valence electrons. The fourth-order valence-electron chi connectivity index (χ4n) is 6.19. The second-order valence-corrected chi connectivity index (χ2v) is 11.5. The molecule has 0 bridgehead atoms. The van der Waals surface area contributed by atoms with Crippen molar-refractivity contribution in [3.05, 3.63) is 127 Å². The van der Waals surface area contributed by atoms with Gasteiger partial charge in [-0.25, -0.2) is 15.0 Å². The summed E-state index contributed by atoms with van der Waals surface area (Å²) in [6.45, 7) is 0. The minimum atomic E-state index is 0.650. The summed E-state index contributed by atoms with van der Waals surface area (Å²) in [5.74, 6) is 1.96. The first-order valence-corrected chi connectivity index (χ1v) is 14.8. The molecule has 0 aliphatic carbocycles. The van der Waals surface area contributed by atoms with E-state index in [1.54, 1.807) is 0 Å². The SMILES string of the molecule is c1ccc(-c2nc(-c3ccccc3)nc(-c3cccc4c3[nH]c3c5sc6ccccc6c5c5ccccc5c43)n2)cc1. The van der Waals surface area contributed by atoms with E-state index < -0.39 is 0 Å². The molecule has 0 saturated carbocycles. The van der Waals surface area contributed by atoms with Gasteiger partial charge in [-0.3, -0.25) is 0 Å². The van der Waals surface area contributed by atoms with Crippen molar-refractivity contribution >= 4 is 64.1 Å². The highest BCUT2D eigenvalue weighted by Crippen LogP contribution is 2.46. The first-order valence-electron chi connectivity index (χ1n) is 14.0. The number of nitrogens with zero attached hydrogens (tertiary/aromatic N) is 3. The lowest BCUT2D eigenvalue weighted by Crippen LogP contribution is -2.00. The van der Waals surface area contributed by atoms with Gasteiger partial charge in [-0.2, -0.15) is 0 Å². The Balaban J connectivity index is 1.39. The Bertz CT molecular complexity index is 2400. The van der Waals surface area contributed by atoms with Gasteiger partial charge in [0.05, 0.1) is 15.7 Å². The predicted molar refractivity (Wildman–Crippen MR) is 176 cm³/mol. The maximum Gasteiger partial charge on any atom is 0.166 e. The smallest absolute Gasteiger partial charge is 0.166 e. The van der Waals surface area contributed by atoms with Crippen LogP contribution in [0.5, 0.6) is 0 Å². The molecule has 1 N–H and O–H groups in total. The van der Waals surface area contributed by atoms with Crippen molar-refractivity contribution in [1.82, 2.24) is 19.9 Å². The third kappa shape index (κ3) is 3.44. The van der Waals surface area contributed by atoms with Crippen LogP contribution >= 0.6 is 11.3 Å². The third-order valence-corrected chi connectivity index (χ3v) is 9.25. The van der Waals surface area contributed by atoms with Gasteiger partial charge in [0.15, 0.2) is 17.5 Å². The van der Waals surface area contributed by atoms with Gasteiger partial charge in [0, 0.05) is 42.9 Å². The fraction of sp³-hybridized carbons (Fsp3) is 0. The molecule has 3 aromatic heterocycles. The Labute approximate surface area is 245 Å². The van der Waals surface area contributed by atoms with Crippen LogP contribution in [-0.4, -0.2) is 19.9 Å². The minimum Gasteiger partial charge on any atom is -0.353 e. The highest BCUT2D eigenvalue weighted by Gasteiger charge is 2.20. The summed E-state index contributed by atoms with van der Waals surface area (Å²) in [4.78, 5) is 18.8. The molecule has 5 heteroatoms. The van der Waals surface area contributed by atoms with E-state index in [0.29, 0.717) is 17.5 Å². The molecule has 3 heterocycles. The largest absolute Gasteiger partial charge is 0.353 e. The van der Waals surface area contributed by atoms with Gasteiger partial charge in [-0.1, -0.05) is 115 Å². The minimum absolute atomic E-state index is 0.650. The van der Waals surface area contributed by atoms with Crippen LogP contribution in [-0.2, 0) is 0 Å². The van der Waals surface area contributed by atoms with Crippen LogP contribution < -0.4 is 0 Å². The molecule has 9 aromatic rings. The number of rotatable bonds is 3. The van der Waals surface area contributed by atoms with Crippen molar-refractivity contribution in [1.29, 1.82) is 0 Å². The van der Waals surface area contributed by atoms with Crippen molar-refractivity contribution in [3.63, 3.8) is 0 Å². The number of thiophene rings is 1. The van der Waals surface area contributed by atoms with Crippen molar-refractivity contribution in [2.24, 2.45) is 0 Å². The van der Waals surface area contributed by atoms with E-state index in [-0.39, 0.29) is 0 Å². The summed E-state index contributed by atoms with van der Waals surface area (Å²) in [5, 5.41) is 7.54. The van der Waals surface area contributed by atoms with E-state index in [1.807, 2.05) is 72.0 Å². The van der Waals surface area contributed by atoms with Crippen LogP contribution in [0.2, 0.25) is 0 Å². The van der Waals surface area contributed by atoms with Gasteiger partial charge in [-0.15, -0.1) is 11.3 Å². The molecule has 0 aliphatic heterocycles. The topological polar surface area (TPSA) is 54.5 Å². The molecule has 0 saturated heterocycles. The van der Waals surface area contributed by atoms with Gasteiger partial charge in [0.2, 0.25) is 0 Å². The number of para-hydroxylation sites is 1. The van der Waals surface area contributed by atoms with Crippen LogP contribution in [0.4, 0.5) is 0 Å². The van der Waals surface area contributed by atoms with Gasteiger partial charge in [-0.05, 0) is 22.9 Å².